The van der Waals surface area contributed by atoms with E-state index in [9.17, 15) is 0 Å². The molecule has 0 bridgehead atoms. The second kappa shape index (κ2) is 9.76. The van der Waals surface area contributed by atoms with Gasteiger partial charge in [0.25, 0.3) is 5.89 Å². The monoisotopic (exact) mass is 452 g/mol. The summed E-state index contributed by atoms with van der Waals surface area (Å²) in [5.41, 5.74) is 1.24. The van der Waals surface area contributed by atoms with Gasteiger partial charge in [0.05, 0.1) is 23.7 Å². The molecule has 4 aromatic rings. The van der Waals surface area contributed by atoms with Gasteiger partial charge in [0, 0.05) is 0 Å². The van der Waals surface area contributed by atoms with Crippen LogP contribution in [-0.2, 0) is 18.8 Å². The summed E-state index contributed by atoms with van der Waals surface area (Å²) in [5.74, 6) is 2.84. The number of nitrogens with zero attached hydrogens (tertiary/aromatic N) is 6. The van der Waals surface area contributed by atoms with Gasteiger partial charge >= 0.3 is 0 Å². The molecule has 5 rings (SSSR count). The van der Waals surface area contributed by atoms with Gasteiger partial charge in [-0.05, 0) is 42.9 Å². The number of rotatable bonds is 8. The maximum atomic E-state index is 5.42. The van der Waals surface area contributed by atoms with Crippen LogP contribution >= 0.6 is 23.1 Å². The molecule has 0 amide bonds. The van der Waals surface area contributed by atoms with Crippen LogP contribution in [0.2, 0.25) is 0 Å². The van der Waals surface area contributed by atoms with Crippen LogP contribution < -0.4 is 0 Å². The van der Waals surface area contributed by atoms with Gasteiger partial charge in [-0.1, -0.05) is 59.7 Å². The Hall–Kier alpha value is -2.49. The van der Waals surface area contributed by atoms with E-state index >= 15 is 0 Å². The zero-order chi connectivity index (χ0) is 20.9. The van der Waals surface area contributed by atoms with Crippen LogP contribution in [0.3, 0.4) is 0 Å². The molecule has 31 heavy (non-hydrogen) atoms. The van der Waals surface area contributed by atoms with Crippen molar-refractivity contribution in [2.75, 3.05) is 13.1 Å². The lowest BCUT2D eigenvalue weighted by Crippen LogP contribution is -2.30. The highest BCUT2D eigenvalue weighted by Gasteiger charge is 2.19. The minimum atomic E-state index is 0.571. The molecule has 0 atom stereocenters. The molecule has 0 saturated carbocycles. The summed E-state index contributed by atoms with van der Waals surface area (Å²) in [6.07, 6.45) is 3.85. The lowest BCUT2D eigenvalue weighted by atomic mass is 10.1. The van der Waals surface area contributed by atoms with Crippen molar-refractivity contribution >= 4 is 23.1 Å². The van der Waals surface area contributed by atoms with Crippen LogP contribution in [0.5, 0.6) is 0 Å². The normalized spacial score (nSPS) is 14.8. The van der Waals surface area contributed by atoms with Crippen molar-refractivity contribution in [1.29, 1.82) is 0 Å². The molecular weight excluding hydrogens is 428 g/mol. The predicted molar refractivity (Wildman–Crippen MR) is 122 cm³/mol. The maximum Gasteiger partial charge on any atom is 0.268 e. The van der Waals surface area contributed by atoms with Gasteiger partial charge in [-0.2, -0.15) is 4.98 Å². The van der Waals surface area contributed by atoms with Gasteiger partial charge in [0.1, 0.15) is 5.82 Å². The Balaban J connectivity index is 1.33. The summed E-state index contributed by atoms with van der Waals surface area (Å²) in [6.45, 7) is 3.86. The third-order valence-electron chi connectivity index (χ3n) is 5.32. The predicted octanol–water partition coefficient (Wildman–Crippen LogP) is 4.72. The first-order valence-electron chi connectivity index (χ1n) is 10.5. The molecule has 0 aliphatic carbocycles. The van der Waals surface area contributed by atoms with E-state index in [1.807, 2.05) is 23.6 Å². The molecule has 0 unspecified atom stereocenters. The van der Waals surface area contributed by atoms with E-state index in [-0.39, 0.29) is 0 Å². The molecule has 0 N–H and O–H groups in total. The van der Waals surface area contributed by atoms with E-state index in [1.165, 1.54) is 24.8 Å². The van der Waals surface area contributed by atoms with E-state index < -0.39 is 0 Å². The van der Waals surface area contributed by atoms with Gasteiger partial charge in [0.15, 0.2) is 11.0 Å². The van der Waals surface area contributed by atoms with Crippen LogP contribution in [0.4, 0.5) is 0 Å². The standard InChI is InChI=1S/C22H24N6OS2/c1-3-8-17(9-4-1)14-28-20(15-27-11-5-2-6-12-27)24-25-22(28)31-16-19-23-21(29-26-19)18-10-7-13-30-18/h1,3-4,7-10,13H,2,5-6,11-12,14-16H2. The van der Waals surface area contributed by atoms with Gasteiger partial charge in [-0.25, -0.2) is 0 Å². The molecular formula is C22H24N6OS2. The average molecular weight is 453 g/mol. The van der Waals surface area contributed by atoms with E-state index in [0.717, 1.165) is 42.0 Å². The lowest BCUT2D eigenvalue weighted by Gasteiger charge is -2.26. The van der Waals surface area contributed by atoms with Crippen molar-refractivity contribution < 1.29 is 4.52 Å². The van der Waals surface area contributed by atoms with E-state index in [4.69, 9.17) is 4.52 Å². The average Bonchev–Trinajstić information content (AvgIpc) is 3.56. The number of likely N-dealkylation sites (tertiary alicyclic amines) is 1. The number of benzene rings is 1. The summed E-state index contributed by atoms with van der Waals surface area (Å²) < 4.78 is 7.65. The van der Waals surface area contributed by atoms with Gasteiger partial charge in [0.2, 0.25) is 0 Å². The molecule has 9 heteroatoms. The number of hydrogen-bond donors (Lipinski definition) is 0. The summed E-state index contributed by atoms with van der Waals surface area (Å²) in [5, 5.41) is 16.1. The fraction of sp³-hybridized carbons (Fsp3) is 0.364. The summed E-state index contributed by atoms with van der Waals surface area (Å²) in [7, 11) is 0. The maximum absolute atomic E-state index is 5.42. The Morgan fingerprint density at radius 2 is 1.84 bits per heavy atom. The van der Waals surface area contributed by atoms with Crippen LogP contribution in [0.1, 0.15) is 36.5 Å². The Labute approximate surface area is 189 Å². The molecule has 3 aromatic heterocycles. The van der Waals surface area contributed by atoms with Crippen molar-refractivity contribution in [1.82, 2.24) is 29.8 Å². The van der Waals surface area contributed by atoms with Gasteiger partial charge in [-0.15, -0.1) is 21.5 Å². The van der Waals surface area contributed by atoms with Crippen molar-refractivity contribution in [3.05, 3.63) is 65.1 Å². The van der Waals surface area contributed by atoms with Crippen molar-refractivity contribution in [2.24, 2.45) is 0 Å². The highest BCUT2D eigenvalue weighted by atomic mass is 32.2. The molecule has 0 spiro atoms. The first kappa shape index (κ1) is 20.4. The topological polar surface area (TPSA) is 72.9 Å². The molecule has 0 radical (unpaired) electrons. The van der Waals surface area contributed by atoms with Crippen LogP contribution in [0.15, 0.2) is 57.5 Å². The van der Waals surface area contributed by atoms with E-state index in [2.05, 4.69) is 54.1 Å². The number of thiophene rings is 1. The van der Waals surface area contributed by atoms with Crippen LogP contribution in [0.25, 0.3) is 10.8 Å². The Bertz CT molecular complexity index is 1090. The van der Waals surface area contributed by atoms with Crippen LogP contribution in [0, 0.1) is 0 Å². The second-order valence-electron chi connectivity index (χ2n) is 7.59. The van der Waals surface area contributed by atoms with Crippen molar-refractivity contribution in [3.8, 4) is 10.8 Å². The molecule has 160 valence electrons. The number of hydrogen-bond acceptors (Lipinski definition) is 8. The van der Waals surface area contributed by atoms with E-state index in [0.29, 0.717) is 17.5 Å². The quantitative estimate of drug-likeness (QED) is 0.358. The fourth-order valence-electron chi connectivity index (χ4n) is 3.73. The Morgan fingerprint density at radius 3 is 2.65 bits per heavy atom. The smallest absolute Gasteiger partial charge is 0.268 e. The van der Waals surface area contributed by atoms with Crippen molar-refractivity contribution in [3.63, 3.8) is 0 Å². The minimum Gasteiger partial charge on any atom is -0.333 e. The van der Waals surface area contributed by atoms with Gasteiger partial charge < -0.3 is 9.09 Å². The number of aromatic nitrogens is 5. The zero-order valence-electron chi connectivity index (χ0n) is 17.2. The fourth-order valence-corrected chi connectivity index (χ4v) is 5.17. The van der Waals surface area contributed by atoms with Crippen molar-refractivity contribution in [2.45, 2.75) is 43.3 Å². The number of piperidine rings is 1. The Morgan fingerprint density at radius 1 is 0.968 bits per heavy atom. The summed E-state index contributed by atoms with van der Waals surface area (Å²) >= 11 is 3.20. The Kier molecular flexibility index (Phi) is 6.43. The molecule has 1 aliphatic heterocycles. The molecule has 1 aliphatic rings. The highest BCUT2D eigenvalue weighted by Crippen LogP contribution is 2.26. The molecule has 1 saturated heterocycles. The first-order valence-corrected chi connectivity index (χ1v) is 12.4. The first-order chi connectivity index (χ1) is 15.3. The summed E-state index contributed by atoms with van der Waals surface area (Å²) in [4.78, 5) is 8.00. The summed E-state index contributed by atoms with van der Waals surface area (Å²) in [6, 6.07) is 14.4. The third-order valence-corrected chi connectivity index (χ3v) is 7.14. The largest absolute Gasteiger partial charge is 0.333 e. The van der Waals surface area contributed by atoms with Crippen LogP contribution in [-0.4, -0.2) is 42.9 Å². The molecule has 1 fully saturated rings. The molecule has 7 nitrogen and oxygen atoms in total. The second-order valence-corrected chi connectivity index (χ2v) is 9.48. The third kappa shape index (κ3) is 5.06. The SMILES string of the molecule is c1ccc(Cn2c(CN3CCCCC3)nnc2SCc2noc(-c3cccs3)n2)cc1. The van der Waals surface area contributed by atoms with Gasteiger partial charge in [-0.3, -0.25) is 4.90 Å². The zero-order valence-corrected chi connectivity index (χ0v) is 18.8. The number of thioether (sulfide) groups is 1. The molecule has 1 aromatic carbocycles. The molecule has 4 heterocycles. The van der Waals surface area contributed by atoms with E-state index in [1.54, 1.807) is 23.1 Å². The highest BCUT2D eigenvalue weighted by molar-refractivity contribution is 7.98. The lowest BCUT2D eigenvalue weighted by molar-refractivity contribution is 0.213. The minimum absolute atomic E-state index is 0.571.